The zero-order valence-corrected chi connectivity index (χ0v) is 18.2. The van der Waals surface area contributed by atoms with E-state index < -0.39 is 0 Å². The number of rotatable bonds is 3. The van der Waals surface area contributed by atoms with E-state index in [0.29, 0.717) is 43.3 Å². The molecule has 0 aliphatic carbocycles. The molecule has 152 valence electrons. The van der Waals surface area contributed by atoms with E-state index in [-0.39, 0.29) is 11.5 Å². The molecule has 2 N–H and O–H groups in total. The van der Waals surface area contributed by atoms with Crippen molar-refractivity contribution in [3.05, 3.63) is 81.8 Å². The predicted molar refractivity (Wildman–Crippen MR) is 127 cm³/mol. The Balaban J connectivity index is 1.52. The Morgan fingerprint density at radius 1 is 0.968 bits per heavy atom. The Bertz CT molecular complexity index is 1490. The number of hydrogen-bond acceptors (Lipinski definition) is 5. The van der Waals surface area contributed by atoms with E-state index in [2.05, 4.69) is 25.9 Å². The highest BCUT2D eigenvalue weighted by molar-refractivity contribution is 9.10. The van der Waals surface area contributed by atoms with E-state index >= 15 is 0 Å². The first-order valence-corrected chi connectivity index (χ1v) is 10.5. The molecular formula is C24H14BrClN2O3. The van der Waals surface area contributed by atoms with Crippen LogP contribution in [0.15, 0.2) is 80.6 Å². The van der Waals surface area contributed by atoms with E-state index in [1.807, 2.05) is 30.3 Å². The third kappa shape index (κ3) is 3.76. The number of aromatic nitrogens is 1. The third-order valence-corrected chi connectivity index (χ3v) is 5.70. The van der Waals surface area contributed by atoms with Crippen LogP contribution < -0.4 is 0 Å². The molecule has 5 nitrogen and oxygen atoms in total. The molecule has 0 radical (unpaired) electrons. The Hall–Kier alpha value is -3.35. The third-order valence-electron chi connectivity index (χ3n) is 4.88. The highest BCUT2D eigenvalue weighted by Gasteiger charge is 2.14. The number of phenols is 2. The van der Waals surface area contributed by atoms with Crippen molar-refractivity contribution in [3.8, 4) is 23.0 Å². The van der Waals surface area contributed by atoms with Crippen LogP contribution in [0.25, 0.3) is 33.3 Å². The largest absolute Gasteiger partial charge is 0.507 e. The minimum absolute atomic E-state index is 0.0599. The van der Waals surface area contributed by atoms with Gasteiger partial charge in [0.05, 0.1) is 15.7 Å². The van der Waals surface area contributed by atoms with E-state index in [4.69, 9.17) is 16.0 Å². The minimum Gasteiger partial charge on any atom is -0.507 e. The van der Waals surface area contributed by atoms with Crippen molar-refractivity contribution in [2.24, 2.45) is 4.99 Å². The van der Waals surface area contributed by atoms with E-state index in [1.165, 1.54) is 6.21 Å². The molecule has 31 heavy (non-hydrogen) atoms. The molecule has 4 aromatic carbocycles. The van der Waals surface area contributed by atoms with Crippen LogP contribution in [0.4, 0.5) is 5.69 Å². The molecule has 0 aliphatic rings. The van der Waals surface area contributed by atoms with Crippen LogP contribution in [0.5, 0.6) is 11.5 Å². The van der Waals surface area contributed by atoms with Crippen molar-refractivity contribution in [3.63, 3.8) is 0 Å². The number of aromatic hydroxyl groups is 2. The predicted octanol–water partition coefficient (Wildman–Crippen LogP) is 7.23. The molecule has 0 atom stereocenters. The first-order chi connectivity index (χ1) is 15.0. The molecule has 0 spiro atoms. The van der Waals surface area contributed by atoms with Gasteiger partial charge < -0.3 is 14.6 Å². The summed E-state index contributed by atoms with van der Waals surface area (Å²) in [6.07, 6.45) is 1.53. The number of hydrogen-bond donors (Lipinski definition) is 2. The fraction of sp³-hybridized carbons (Fsp3) is 0. The Kier molecular flexibility index (Phi) is 4.88. The summed E-state index contributed by atoms with van der Waals surface area (Å²) in [6.45, 7) is 0. The normalized spacial score (nSPS) is 11.7. The molecule has 5 aromatic rings. The Labute approximate surface area is 190 Å². The van der Waals surface area contributed by atoms with Crippen LogP contribution in [0.1, 0.15) is 5.56 Å². The van der Waals surface area contributed by atoms with Crippen molar-refractivity contribution in [1.82, 2.24) is 4.98 Å². The number of benzene rings is 4. The molecule has 0 fully saturated rings. The average Bonchev–Trinajstić information content (AvgIpc) is 3.17. The molecule has 1 aromatic heterocycles. The lowest BCUT2D eigenvalue weighted by Crippen LogP contribution is -1.84. The van der Waals surface area contributed by atoms with E-state index in [0.717, 1.165) is 10.8 Å². The topological polar surface area (TPSA) is 78.9 Å². The van der Waals surface area contributed by atoms with Crippen LogP contribution in [-0.4, -0.2) is 21.4 Å². The smallest absolute Gasteiger partial charge is 0.231 e. The quantitative estimate of drug-likeness (QED) is 0.260. The second-order valence-corrected chi connectivity index (χ2v) is 8.26. The zero-order chi connectivity index (χ0) is 21.5. The standard InChI is InChI=1S/C24H14BrClN2O3/c25-19-10-16(26)7-15(23(19)30)12-27-17-5-6-22-20(11-17)28-24(31-22)18-8-13-3-1-2-4-14(13)9-21(18)29/h1-12,29-30H. The molecule has 0 aliphatic heterocycles. The second kappa shape index (κ2) is 7.72. The summed E-state index contributed by atoms with van der Waals surface area (Å²) >= 11 is 9.31. The number of halogens is 2. The van der Waals surface area contributed by atoms with Gasteiger partial charge in [0.25, 0.3) is 0 Å². The van der Waals surface area contributed by atoms with Gasteiger partial charge >= 0.3 is 0 Å². The molecule has 7 heteroatoms. The van der Waals surface area contributed by atoms with Crippen molar-refractivity contribution >= 4 is 61.3 Å². The fourth-order valence-electron chi connectivity index (χ4n) is 3.34. The Morgan fingerprint density at radius 2 is 1.74 bits per heavy atom. The lowest BCUT2D eigenvalue weighted by Gasteiger charge is -2.03. The van der Waals surface area contributed by atoms with Crippen molar-refractivity contribution in [2.45, 2.75) is 0 Å². The van der Waals surface area contributed by atoms with Gasteiger partial charge in [-0.05, 0) is 69.2 Å². The number of nitrogens with zero attached hydrogens (tertiary/aromatic N) is 2. The number of fused-ring (bicyclic) bond motifs is 2. The molecule has 0 saturated carbocycles. The first kappa shape index (κ1) is 19.6. The minimum atomic E-state index is 0.0599. The van der Waals surface area contributed by atoms with Gasteiger partial charge in [0.15, 0.2) is 5.58 Å². The van der Waals surface area contributed by atoms with Crippen LogP contribution in [0.2, 0.25) is 5.02 Å². The highest BCUT2D eigenvalue weighted by atomic mass is 79.9. The summed E-state index contributed by atoms with van der Waals surface area (Å²) in [5.41, 5.74) is 2.82. The van der Waals surface area contributed by atoms with Crippen molar-refractivity contribution in [1.29, 1.82) is 0 Å². The maximum Gasteiger partial charge on any atom is 0.231 e. The maximum absolute atomic E-state index is 10.5. The zero-order valence-electron chi connectivity index (χ0n) is 15.9. The molecule has 0 unspecified atom stereocenters. The van der Waals surface area contributed by atoms with Gasteiger partial charge in [-0.1, -0.05) is 35.9 Å². The van der Waals surface area contributed by atoms with Gasteiger partial charge in [0, 0.05) is 16.8 Å². The molecule has 0 bridgehead atoms. The second-order valence-electron chi connectivity index (χ2n) is 6.97. The summed E-state index contributed by atoms with van der Waals surface area (Å²) < 4.78 is 6.36. The van der Waals surface area contributed by atoms with Gasteiger partial charge in [-0.2, -0.15) is 0 Å². The van der Waals surface area contributed by atoms with Crippen LogP contribution in [-0.2, 0) is 0 Å². The van der Waals surface area contributed by atoms with E-state index in [9.17, 15) is 10.2 Å². The highest BCUT2D eigenvalue weighted by Crippen LogP contribution is 2.35. The number of phenolic OH excluding ortho intramolecular Hbond substituents is 2. The van der Waals surface area contributed by atoms with Crippen LogP contribution in [0.3, 0.4) is 0 Å². The summed E-state index contributed by atoms with van der Waals surface area (Å²) in [4.78, 5) is 8.95. The lowest BCUT2D eigenvalue weighted by atomic mass is 10.1. The molecule has 0 amide bonds. The Morgan fingerprint density at radius 3 is 2.55 bits per heavy atom. The molecule has 0 saturated heterocycles. The fourth-order valence-corrected chi connectivity index (χ4v) is 4.17. The van der Waals surface area contributed by atoms with Crippen molar-refractivity contribution < 1.29 is 14.6 Å². The summed E-state index contributed by atoms with van der Waals surface area (Å²) in [6, 6.07) is 19.9. The summed E-state index contributed by atoms with van der Waals surface area (Å²) in [5, 5.41) is 23.0. The van der Waals surface area contributed by atoms with Crippen LogP contribution >= 0.6 is 27.5 Å². The number of aliphatic imine (C=N–C) groups is 1. The van der Waals surface area contributed by atoms with Crippen LogP contribution in [0, 0.1) is 0 Å². The number of oxazole rings is 1. The first-order valence-electron chi connectivity index (χ1n) is 9.33. The summed E-state index contributed by atoms with van der Waals surface area (Å²) in [5.74, 6) is 0.492. The average molecular weight is 494 g/mol. The maximum atomic E-state index is 10.5. The molecular weight excluding hydrogens is 480 g/mol. The SMILES string of the molecule is Oc1cc2ccccc2cc1-c1nc2cc(N=Cc3cc(Cl)cc(Br)c3O)ccc2o1. The lowest BCUT2D eigenvalue weighted by molar-refractivity contribution is 0.471. The van der Waals surface area contributed by atoms with Gasteiger partial charge in [-0.25, -0.2) is 4.98 Å². The van der Waals surface area contributed by atoms with Gasteiger partial charge in [0.2, 0.25) is 5.89 Å². The molecule has 1 heterocycles. The van der Waals surface area contributed by atoms with Gasteiger partial charge in [0.1, 0.15) is 17.0 Å². The van der Waals surface area contributed by atoms with Crippen molar-refractivity contribution in [2.75, 3.05) is 0 Å². The summed E-state index contributed by atoms with van der Waals surface area (Å²) in [7, 11) is 0. The van der Waals surface area contributed by atoms with E-state index in [1.54, 1.807) is 36.4 Å². The molecule has 5 rings (SSSR count). The van der Waals surface area contributed by atoms with Gasteiger partial charge in [-0.3, -0.25) is 4.99 Å². The van der Waals surface area contributed by atoms with Gasteiger partial charge in [-0.15, -0.1) is 0 Å². The monoisotopic (exact) mass is 492 g/mol.